The highest BCUT2D eigenvalue weighted by molar-refractivity contribution is 9.10. The van der Waals surface area contributed by atoms with E-state index in [1.54, 1.807) is 19.2 Å². The molecule has 124 valence electrons. The van der Waals surface area contributed by atoms with Crippen LogP contribution in [0, 0.1) is 33.5 Å². The Morgan fingerprint density at radius 2 is 1.88 bits per heavy atom. The summed E-state index contributed by atoms with van der Waals surface area (Å²) in [7, 11) is 4.32. The minimum absolute atomic E-state index is 0.0483. The van der Waals surface area contributed by atoms with Gasteiger partial charge in [-0.3, -0.25) is 0 Å². The predicted octanol–water partition coefficient (Wildman–Crippen LogP) is 1.89. The van der Waals surface area contributed by atoms with Crippen molar-refractivity contribution in [2.45, 2.75) is 11.8 Å². The molecule has 1 aliphatic carbocycles. The smallest absolute Gasteiger partial charge is 0.292 e. The maximum Gasteiger partial charge on any atom is 0.292 e. The van der Waals surface area contributed by atoms with Gasteiger partial charge in [-0.15, -0.1) is 0 Å². The van der Waals surface area contributed by atoms with E-state index < -0.39 is 22.7 Å². The minimum Gasteiger partial charge on any atom is -0.496 e. The highest BCUT2D eigenvalue weighted by Gasteiger charge is 2.93. The Hall–Kier alpha value is -2.13. The van der Waals surface area contributed by atoms with Crippen molar-refractivity contribution in [3.05, 3.63) is 28.2 Å². The second-order valence-corrected chi connectivity index (χ2v) is 6.51. The van der Waals surface area contributed by atoms with Gasteiger partial charge in [0.25, 0.3) is 5.91 Å². The lowest BCUT2D eigenvalue weighted by Gasteiger charge is -2.29. The Morgan fingerprint density at radius 1 is 1.21 bits per heavy atom. The first-order chi connectivity index (χ1) is 11.4. The van der Waals surface area contributed by atoms with E-state index in [0.717, 1.165) is 5.56 Å². The molecule has 24 heavy (non-hydrogen) atoms. The van der Waals surface area contributed by atoms with Gasteiger partial charge in [0.05, 0.1) is 23.7 Å². The zero-order valence-electron chi connectivity index (χ0n) is 13.3. The number of hydrogen-bond donors (Lipinski definition) is 1. The maximum absolute atomic E-state index is 9.95. The van der Waals surface area contributed by atoms with E-state index in [2.05, 4.69) is 33.1 Å². The van der Waals surface area contributed by atoms with Gasteiger partial charge in [0.1, 0.15) is 17.0 Å². The van der Waals surface area contributed by atoms with Crippen LogP contribution in [0.2, 0.25) is 0 Å². The van der Waals surface area contributed by atoms with Gasteiger partial charge in [-0.1, -0.05) is 6.07 Å². The van der Waals surface area contributed by atoms with Crippen LogP contribution in [0.4, 0.5) is 0 Å². The van der Waals surface area contributed by atoms with E-state index in [9.17, 15) is 10.5 Å². The molecule has 0 spiro atoms. The van der Waals surface area contributed by atoms with Crippen molar-refractivity contribution in [1.29, 1.82) is 10.5 Å². The lowest BCUT2D eigenvalue weighted by molar-refractivity contribution is -0.230. The summed E-state index contributed by atoms with van der Waals surface area (Å²) in [4.78, 5) is 4.17. The third-order valence-electron chi connectivity index (χ3n) is 4.99. The summed E-state index contributed by atoms with van der Waals surface area (Å²) in [6, 6.07) is 9.77. The Kier molecular flexibility index (Phi) is 3.61. The first kappa shape index (κ1) is 16.7. The van der Waals surface area contributed by atoms with Crippen LogP contribution in [0.5, 0.6) is 5.75 Å². The third kappa shape index (κ3) is 1.54. The van der Waals surface area contributed by atoms with Gasteiger partial charge in [0, 0.05) is 20.1 Å². The molecule has 0 saturated heterocycles. The molecule has 3 rings (SSSR count). The maximum atomic E-state index is 9.95. The summed E-state index contributed by atoms with van der Waals surface area (Å²) in [5.74, 6) is -1.45. The van der Waals surface area contributed by atoms with Crippen LogP contribution in [-0.2, 0) is 9.47 Å². The number of hydrogen-bond acceptors (Lipinski definition) is 7. The standard InChI is InChI=1S/C16H15BrN4O3/c1-22-11-5-4-9(6-10(11)17)12-14(7-18)13(20)21-16(23-2,24-3)15(12,14)8-19/h4-6,12H,1-3H3,(H2,20,21)/t12-,14-,15-/m1/s1. The fourth-order valence-corrected chi connectivity index (χ4v) is 4.44. The van der Waals surface area contributed by atoms with Crippen LogP contribution in [-0.4, -0.2) is 33.1 Å². The molecule has 1 aromatic rings. The van der Waals surface area contributed by atoms with Gasteiger partial charge >= 0.3 is 0 Å². The fourth-order valence-electron chi connectivity index (χ4n) is 3.88. The number of methoxy groups -OCH3 is 3. The summed E-state index contributed by atoms with van der Waals surface area (Å²) in [5, 5.41) is 19.8. The number of rotatable bonds is 4. The number of nitrogens with zero attached hydrogens (tertiary/aromatic N) is 3. The largest absolute Gasteiger partial charge is 0.496 e. The van der Waals surface area contributed by atoms with E-state index in [1.165, 1.54) is 14.2 Å². The molecule has 0 amide bonds. The van der Waals surface area contributed by atoms with Crippen LogP contribution in [0.15, 0.2) is 27.7 Å². The van der Waals surface area contributed by atoms with Crippen molar-refractivity contribution in [2.75, 3.05) is 21.3 Å². The average molecular weight is 391 g/mol. The molecular formula is C16H15BrN4O3. The lowest BCUT2D eigenvalue weighted by atomic mass is 9.93. The van der Waals surface area contributed by atoms with Crippen molar-refractivity contribution in [3.8, 4) is 17.9 Å². The van der Waals surface area contributed by atoms with Crippen LogP contribution in [0.3, 0.4) is 0 Å². The molecule has 0 radical (unpaired) electrons. The number of ether oxygens (including phenoxy) is 3. The van der Waals surface area contributed by atoms with Crippen molar-refractivity contribution < 1.29 is 14.2 Å². The van der Waals surface area contributed by atoms with Crippen molar-refractivity contribution >= 4 is 21.8 Å². The Morgan fingerprint density at radius 3 is 2.33 bits per heavy atom. The molecule has 3 atom stereocenters. The zero-order valence-corrected chi connectivity index (χ0v) is 14.9. The fraction of sp³-hybridized carbons (Fsp3) is 0.438. The molecule has 2 N–H and O–H groups in total. The second kappa shape index (κ2) is 5.18. The van der Waals surface area contributed by atoms with Crippen LogP contribution < -0.4 is 10.5 Å². The number of halogens is 1. The molecule has 1 aromatic carbocycles. The number of fused-ring (bicyclic) bond motifs is 1. The summed E-state index contributed by atoms with van der Waals surface area (Å²) in [5.41, 5.74) is 4.17. The van der Waals surface area contributed by atoms with Crippen LogP contribution in [0.25, 0.3) is 0 Å². The Labute approximate surface area is 147 Å². The van der Waals surface area contributed by atoms with E-state index in [0.29, 0.717) is 10.2 Å². The number of nitrogens with two attached hydrogens (primary N) is 1. The predicted molar refractivity (Wildman–Crippen MR) is 87.9 cm³/mol. The summed E-state index contributed by atoms with van der Waals surface area (Å²) in [6.45, 7) is 0. The lowest BCUT2D eigenvalue weighted by Crippen LogP contribution is -2.41. The first-order valence-corrected chi connectivity index (χ1v) is 7.86. The van der Waals surface area contributed by atoms with E-state index >= 15 is 0 Å². The molecule has 0 aromatic heterocycles. The summed E-state index contributed by atoms with van der Waals surface area (Å²) in [6.07, 6.45) is 0. The number of aliphatic imine (C=N–C) groups is 1. The molecule has 1 aliphatic heterocycles. The van der Waals surface area contributed by atoms with Gasteiger partial charge in [-0.2, -0.15) is 10.5 Å². The van der Waals surface area contributed by atoms with Gasteiger partial charge < -0.3 is 19.9 Å². The molecule has 7 nitrogen and oxygen atoms in total. The molecule has 1 heterocycles. The molecule has 1 saturated carbocycles. The minimum atomic E-state index is -1.61. The van der Waals surface area contributed by atoms with Gasteiger partial charge in [-0.25, -0.2) is 4.99 Å². The van der Waals surface area contributed by atoms with Crippen LogP contribution in [0.1, 0.15) is 11.5 Å². The number of nitriles is 2. The number of amidine groups is 1. The summed E-state index contributed by atoms with van der Waals surface area (Å²) >= 11 is 3.43. The van der Waals surface area contributed by atoms with E-state index in [4.69, 9.17) is 19.9 Å². The topological polar surface area (TPSA) is 114 Å². The third-order valence-corrected chi connectivity index (χ3v) is 5.61. The Bertz CT molecular complexity index is 824. The quantitative estimate of drug-likeness (QED) is 0.785. The molecule has 0 unspecified atom stereocenters. The van der Waals surface area contributed by atoms with Gasteiger partial charge in [0.2, 0.25) is 0 Å². The highest BCUT2D eigenvalue weighted by Crippen LogP contribution is 2.81. The van der Waals surface area contributed by atoms with Crippen molar-refractivity contribution in [3.63, 3.8) is 0 Å². The SMILES string of the molecule is COc1ccc([C@@H]2[C@]3(C#N)C(N)=NC(OC)(OC)[C@]23C#N)cc1Br. The molecule has 2 aliphatic rings. The zero-order chi connectivity index (χ0) is 17.8. The normalized spacial score (nSPS) is 32.2. The monoisotopic (exact) mass is 390 g/mol. The number of benzene rings is 1. The van der Waals surface area contributed by atoms with E-state index in [1.807, 2.05) is 6.07 Å². The van der Waals surface area contributed by atoms with Crippen LogP contribution >= 0.6 is 15.9 Å². The average Bonchev–Trinajstić information content (AvgIpc) is 3.17. The molecule has 8 heteroatoms. The first-order valence-electron chi connectivity index (χ1n) is 7.06. The molecule has 1 fully saturated rings. The highest BCUT2D eigenvalue weighted by atomic mass is 79.9. The van der Waals surface area contributed by atoms with Gasteiger partial charge in [0.15, 0.2) is 5.41 Å². The molecule has 0 bridgehead atoms. The van der Waals surface area contributed by atoms with E-state index in [-0.39, 0.29) is 5.84 Å². The van der Waals surface area contributed by atoms with Crippen molar-refractivity contribution in [2.24, 2.45) is 21.6 Å². The second-order valence-electron chi connectivity index (χ2n) is 5.65. The summed E-state index contributed by atoms with van der Waals surface area (Å²) < 4.78 is 16.8. The molecular weight excluding hydrogens is 376 g/mol. The van der Waals surface area contributed by atoms with Crippen molar-refractivity contribution in [1.82, 2.24) is 0 Å². The Balaban J connectivity index is 2.22. The van der Waals surface area contributed by atoms with Gasteiger partial charge in [-0.05, 0) is 33.6 Å².